The molecule has 0 spiro atoms. The Bertz CT molecular complexity index is 439. The molecule has 1 heterocycles. The molecule has 2 N–H and O–H groups in total. The molecule has 1 fully saturated rings. The summed E-state index contributed by atoms with van der Waals surface area (Å²) >= 11 is 0. The van der Waals surface area contributed by atoms with Crippen molar-refractivity contribution in [3.63, 3.8) is 0 Å². The molecule has 0 bridgehead atoms. The van der Waals surface area contributed by atoms with Crippen molar-refractivity contribution in [3.05, 3.63) is 35.9 Å². The van der Waals surface area contributed by atoms with Gasteiger partial charge in [0.05, 0.1) is 0 Å². The van der Waals surface area contributed by atoms with E-state index in [1.54, 1.807) is 0 Å². The maximum Gasteiger partial charge on any atom is 0.296 e. The van der Waals surface area contributed by atoms with Crippen LogP contribution in [0.2, 0.25) is 0 Å². The Kier molecular flexibility index (Phi) is 4.80. The summed E-state index contributed by atoms with van der Waals surface area (Å²) in [5.74, 6) is 5.83. The van der Waals surface area contributed by atoms with Gasteiger partial charge in [0.2, 0.25) is 0 Å². The molecule has 1 aliphatic rings. The predicted molar refractivity (Wildman–Crippen MR) is 71.9 cm³/mol. The van der Waals surface area contributed by atoms with Crippen LogP contribution in [0.4, 0.5) is 0 Å². The first-order valence-corrected chi connectivity index (χ1v) is 6.40. The molecule has 0 aliphatic carbocycles. The molecule has 0 aromatic heterocycles. The number of rotatable bonds is 2. The second kappa shape index (κ2) is 6.83. The van der Waals surface area contributed by atoms with Crippen LogP contribution in [0.1, 0.15) is 18.4 Å². The van der Waals surface area contributed by atoms with Crippen LogP contribution in [0.3, 0.4) is 0 Å². The van der Waals surface area contributed by atoms with Crippen LogP contribution < -0.4 is 10.6 Å². The summed E-state index contributed by atoms with van der Waals surface area (Å²) in [4.78, 5) is 11.6. The highest BCUT2D eigenvalue weighted by Gasteiger charge is 2.12. The summed E-state index contributed by atoms with van der Waals surface area (Å²) in [6, 6.07) is 9.54. The minimum absolute atomic E-state index is 0.190. The Hall–Kier alpha value is -1.79. The first kappa shape index (κ1) is 12.7. The molecular formula is C15H18N2O. The van der Waals surface area contributed by atoms with E-state index in [2.05, 4.69) is 22.5 Å². The molecular weight excluding hydrogens is 224 g/mol. The number of piperidine rings is 1. The molecule has 1 saturated heterocycles. The molecule has 3 heteroatoms. The third-order valence-electron chi connectivity index (χ3n) is 3.04. The average Bonchev–Trinajstić information content (AvgIpc) is 2.45. The van der Waals surface area contributed by atoms with Gasteiger partial charge in [-0.3, -0.25) is 4.79 Å². The molecule has 0 saturated carbocycles. The molecule has 2 rings (SSSR count). The van der Waals surface area contributed by atoms with E-state index in [-0.39, 0.29) is 5.91 Å². The normalized spacial score (nSPS) is 18.6. The first-order valence-electron chi connectivity index (χ1n) is 6.40. The zero-order valence-electron chi connectivity index (χ0n) is 10.4. The Morgan fingerprint density at radius 1 is 1.39 bits per heavy atom. The number of carbonyl (C=O) groups excluding carboxylic acids is 1. The fourth-order valence-corrected chi connectivity index (χ4v) is 2.03. The van der Waals surface area contributed by atoms with Gasteiger partial charge in [-0.2, -0.15) is 0 Å². The highest BCUT2D eigenvalue weighted by molar-refractivity contribution is 5.94. The molecule has 1 aromatic carbocycles. The van der Waals surface area contributed by atoms with Gasteiger partial charge in [-0.15, -0.1) is 0 Å². The fourth-order valence-electron chi connectivity index (χ4n) is 2.03. The predicted octanol–water partition coefficient (Wildman–Crippen LogP) is 1.15. The van der Waals surface area contributed by atoms with Gasteiger partial charge in [-0.1, -0.05) is 24.1 Å². The second-order valence-corrected chi connectivity index (χ2v) is 4.54. The summed E-state index contributed by atoms with van der Waals surface area (Å²) in [5.41, 5.74) is 0.868. The monoisotopic (exact) mass is 242 g/mol. The molecule has 18 heavy (non-hydrogen) atoms. The molecule has 1 unspecified atom stereocenters. The molecule has 3 nitrogen and oxygen atoms in total. The van der Waals surface area contributed by atoms with Gasteiger partial charge < -0.3 is 10.6 Å². The SMILES string of the molecule is O=C(C#Cc1ccccc1)NCC1CCCNC1. The standard InChI is InChI=1S/C15H18N2O/c18-15(9-8-13-5-2-1-3-6-13)17-12-14-7-4-10-16-11-14/h1-3,5-6,14,16H,4,7,10-12H2,(H,17,18). The second-order valence-electron chi connectivity index (χ2n) is 4.54. The highest BCUT2D eigenvalue weighted by Crippen LogP contribution is 2.07. The van der Waals surface area contributed by atoms with Crippen LogP contribution in [-0.2, 0) is 4.79 Å². The van der Waals surface area contributed by atoms with Gasteiger partial charge >= 0.3 is 0 Å². The van der Waals surface area contributed by atoms with Crippen LogP contribution in [-0.4, -0.2) is 25.5 Å². The van der Waals surface area contributed by atoms with E-state index in [1.807, 2.05) is 30.3 Å². The van der Waals surface area contributed by atoms with E-state index in [0.29, 0.717) is 5.92 Å². The van der Waals surface area contributed by atoms with Crippen molar-refractivity contribution >= 4 is 5.91 Å². The maximum absolute atomic E-state index is 11.6. The van der Waals surface area contributed by atoms with Crippen LogP contribution in [0.25, 0.3) is 0 Å². The van der Waals surface area contributed by atoms with Crippen molar-refractivity contribution in [2.75, 3.05) is 19.6 Å². The molecule has 0 radical (unpaired) electrons. The van der Waals surface area contributed by atoms with Crippen LogP contribution in [0.5, 0.6) is 0 Å². The Morgan fingerprint density at radius 3 is 2.94 bits per heavy atom. The van der Waals surface area contributed by atoms with Gasteiger partial charge in [0.1, 0.15) is 0 Å². The van der Waals surface area contributed by atoms with Crippen LogP contribution in [0, 0.1) is 17.8 Å². The van der Waals surface area contributed by atoms with Gasteiger partial charge in [0.25, 0.3) is 5.91 Å². The summed E-state index contributed by atoms with van der Waals surface area (Å²) in [5, 5.41) is 6.20. The van der Waals surface area contributed by atoms with Crippen molar-refractivity contribution in [2.24, 2.45) is 5.92 Å². The largest absolute Gasteiger partial charge is 0.345 e. The summed E-state index contributed by atoms with van der Waals surface area (Å²) in [6.45, 7) is 2.81. The van der Waals surface area contributed by atoms with Crippen LogP contribution >= 0.6 is 0 Å². The van der Waals surface area contributed by atoms with Crippen molar-refractivity contribution in [1.29, 1.82) is 0 Å². The van der Waals surface area contributed by atoms with E-state index < -0.39 is 0 Å². The lowest BCUT2D eigenvalue weighted by Gasteiger charge is -2.22. The number of amides is 1. The number of carbonyl (C=O) groups is 1. The van der Waals surface area contributed by atoms with Crippen molar-refractivity contribution in [3.8, 4) is 11.8 Å². The lowest BCUT2D eigenvalue weighted by Crippen LogP contribution is -2.37. The number of hydrogen-bond acceptors (Lipinski definition) is 2. The van der Waals surface area contributed by atoms with Gasteiger partial charge in [-0.25, -0.2) is 0 Å². The van der Waals surface area contributed by atoms with Crippen LogP contribution in [0.15, 0.2) is 30.3 Å². The average molecular weight is 242 g/mol. The zero-order valence-corrected chi connectivity index (χ0v) is 10.4. The lowest BCUT2D eigenvalue weighted by molar-refractivity contribution is -0.115. The maximum atomic E-state index is 11.6. The van der Waals surface area contributed by atoms with E-state index in [4.69, 9.17) is 0 Å². The minimum atomic E-state index is -0.190. The Morgan fingerprint density at radius 2 is 2.22 bits per heavy atom. The first-order chi connectivity index (χ1) is 8.84. The number of benzene rings is 1. The van der Waals surface area contributed by atoms with Gasteiger partial charge in [-0.05, 0) is 44.0 Å². The molecule has 94 valence electrons. The molecule has 1 atom stereocenters. The van der Waals surface area contributed by atoms with Crippen molar-refractivity contribution < 1.29 is 4.79 Å². The fraction of sp³-hybridized carbons (Fsp3) is 0.400. The smallest absolute Gasteiger partial charge is 0.296 e. The van der Waals surface area contributed by atoms with Gasteiger partial charge in [0.15, 0.2) is 0 Å². The van der Waals surface area contributed by atoms with E-state index in [9.17, 15) is 4.79 Å². The molecule has 1 amide bonds. The highest BCUT2D eigenvalue weighted by atomic mass is 16.1. The van der Waals surface area contributed by atoms with E-state index in [0.717, 1.165) is 25.2 Å². The van der Waals surface area contributed by atoms with Gasteiger partial charge in [0, 0.05) is 18.0 Å². The van der Waals surface area contributed by atoms with Crippen molar-refractivity contribution in [1.82, 2.24) is 10.6 Å². The third kappa shape index (κ3) is 4.23. The summed E-state index contributed by atoms with van der Waals surface area (Å²) in [7, 11) is 0. The number of hydrogen-bond donors (Lipinski definition) is 2. The lowest BCUT2D eigenvalue weighted by atomic mass is 10.00. The molecule has 1 aliphatic heterocycles. The van der Waals surface area contributed by atoms with E-state index >= 15 is 0 Å². The Balaban J connectivity index is 1.77. The zero-order chi connectivity index (χ0) is 12.6. The Labute approximate surface area is 108 Å². The quantitative estimate of drug-likeness (QED) is 0.764. The van der Waals surface area contributed by atoms with E-state index in [1.165, 1.54) is 12.8 Å². The molecule has 1 aromatic rings. The topological polar surface area (TPSA) is 41.1 Å². The van der Waals surface area contributed by atoms with Crippen molar-refractivity contribution in [2.45, 2.75) is 12.8 Å². The third-order valence-corrected chi connectivity index (χ3v) is 3.04. The summed E-state index contributed by atoms with van der Waals surface area (Å²) in [6.07, 6.45) is 2.37. The summed E-state index contributed by atoms with van der Waals surface area (Å²) < 4.78 is 0. The number of nitrogens with one attached hydrogen (secondary N) is 2. The minimum Gasteiger partial charge on any atom is -0.345 e.